The van der Waals surface area contributed by atoms with Crippen molar-refractivity contribution in [2.45, 2.75) is 13.5 Å². The van der Waals surface area contributed by atoms with E-state index in [1.807, 2.05) is 55.5 Å². The van der Waals surface area contributed by atoms with Crippen molar-refractivity contribution in [2.24, 2.45) is 0 Å². The van der Waals surface area contributed by atoms with Crippen molar-refractivity contribution < 1.29 is 9.53 Å². The van der Waals surface area contributed by atoms with Crippen LogP contribution in [0, 0.1) is 6.92 Å². The first-order valence-electron chi connectivity index (χ1n) is 9.20. The summed E-state index contributed by atoms with van der Waals surface area (Å²) in [5.74, 6) is 0.817. The van der Waals surface area contributed by atoms with Crippen molar-refractivity contribution in [3.63, 3.8) is 0 Å². The molecule has 0 saturated heterocycles. The van der Waals surface area contributed by atoms with Crippen molar-refractivity contribution in [1.29, 1.82) is 0 Å². The summed E-state index contributed by atoms with van der Waals surface area (Å²) < 4.78 is 7.05. The summed E-state index contributed by atoms with van der Waals surface area (Å²) in [6, 6.07) is 23.7. The Bertz CT molecular complexity index is 1230. The number of hydrogen-bond donors (Lipinski definition) is 1. The number of anilines is 1. The minimum absolute atomic E-state index is 0.190. The van der Waals surface area contributed by atoms with Gasteiger partial charge in [0.25, 0.3) is 5.56 Å². The number of benzene rings is 3. The van der Waals surface area contributed by atoms with Gasteiger partial charge < -0.3 is 10.1 Å². The van der Waals surface area contributed by atoms with Crippen LogP contribution in [-0.2, 0) is 11.3 Å². The van der Waals surface area contributed by atoms with E-state index in [1.165, 1.54) is 4.68 Å². The van der Waals surface area contributed by atoms with Crippen LogP contribution in [-0.4, -0.2) is 15.7 Å². The number of fused-ring (bicyclic) bond motifs is 1. The molecule has 29 heavy (non-hydrogen) atoms. The molecule has 6 nitrogen and oxygen atoms in total. The molecular weight excluding hydrogens is 366 g/mol. The first kappa shape index (κ1) is 18.4. The number of ether oxygens (including phenoxy) is 1. The Hall–Kier alpha value is -3.93. The van der Waals surface area contributed by atoms with E-state index in [4.69, 9.17) is 4.74 Å². The lowest BCUT2D eigenvalue weighted by molar-refractivity contribution is -0.117. The normalized spacial score (nSPS) is 10.7. The van der Waals surface area contributed by atoms with Crippen LogP contribution in [0.5, 0.6) is 11.5 Å². The highest BCUT2D eigenvalue weighted by atomic mass is 16.5. The van der Waals surface area contributed by atoms with Crippen molar-refractivity contribution >= 4 is 22.4 Å². The highest BCUT2D eigenvalue weighted by Gasteiger charge is 2.13. The highest BCUT2D eigenvalue weighted by Crippen LogP contribution is 2.29. The SMILES string of the molecule is Cc1nn(CC(=O)Nc2ccccc2Oc2ccccc2)c(=O)c2ccccc12. The lowest BCUT2D eigenvalue weighted by Crippen LogP contribution is -2.30. The van der Waals surface area contributed by atoms with Crippen LogP contribution in [0.25, 0.3) is 10.8 Å². The second kappa shape index (κ2) is 7.98. The van der Waals surface area contributed by atoms with E-state index in [9.17, 15) is 9.59 Å². The summed E-state index contributed by atoms with van der Waals surface area (Å²) in [7, 11) is 0. The molecule has 0 aliphatic heterocycles. The van der Waals surface area contributed by atoms with Gasteiger partial charge in [-0.2, -0.15) is 5.10 Å². The monoisotopic (exact) mass is 385 g/mol. The summed E-state index contributed by atoms with van der Waals surface area (Å²) in [6.45, 7) is 1.63. The van der Waals surface area contributed by atoms with Crippen LogP contribution < -0.4 is 15.6 Å². The van der Waals surface area contributed by atoms with Crippen LogP contribution in [0.1, 0.15) is 5.69 Å². The lowest BCUT2D eigenvalue weighted by Gasteiger charge is -2.13. The summed E-state index contributed by atoms with van der Waals surface area (Å²) in [6.07, 6.45) is 0. The molecule has 0 unspecified atom stereocenters. The van der Waals surface area contributed by atoms with E-state index in [1.54, 1.807) is 30.3 Å². The maximum atomic E-state index is 12.7. The minimum Gasteiger partial charge on any atom is -0.455 e. The molecule has 0 radical (unpaired) electrons. The summed E-state index contributed by atoms with van der Waals surface area (Å²) in [5.41, 5.74) is 0.919. The topological polar surface area (TPSA) is 73.2 Å². The average Bonchev–Trinajstić information content (AvgIpc) is 2.74. The Morgan fingerprint density at radius 2 is 1.59 bits per heavy atom. The van der Waals surface area contributed by atoms with Crippen molar-refractivity contribution in [2.75, 3.05) is 5.32 Å². The fourth-order valence-electron chi connectivity index (χ4n) is 3.11. The Morgan fingerprint density at radius 3 is 2.38 bits per heavy atom. The van der Waals surface area contributed by atoms with Gasteiger partial charge in [-0.1, -0.05) is 48.5 Å². The zero-order chi connectivity index (χ0) is 20.2. The number of rotatable bonds is 5. The maximum absolute atomic E-state index is 12.7. The van der Waals surface area contributed by atoms with Gasteiger partial charge in [-0.3, -0.25) is 9.59 Å². The molecule has 0 bridgehead atoms. The summed E-state index contributed by atoms with van der Waals surface area (Å²) in [4.78, 5) is 25.3. The molecule has 4 aromatic rings. The third kappa shape index (κ3) is 4.01. The van der Waals surface area contributed by atoms with Gasteiger partial charge in [-0.05, 0) is 37.3 Å². The molecule has 3 aromatic carbocycles. The van der Waals surface area contributed by atoms with Gasteiger partial charge in [0.2, 0.25) is 5.91 Å². The van der Waals surface area contributed by atoms with Gasteiger partial charge in [-0.25, -0.2) is 4.68 Å². The molecule has 144 valence electrons. The Kier molecular flexibility index (Phi) is 5.07. The van der Waals surface area contributed by atoms with Gasteiger partial charge in [0.15, 0.2) is 5.75 Å². The largest absolute Gasteiger partial charge is 0.455 e. The number of carbonyl (C=O) groups excluding carboxylic acids is 1. The number of aryl methyl sites for hydroxylation is 1. The second-order valence-electron chi connectivity index (χ2n) is 6.55. The van der Waals surface area contributed by atoms with E-state index in [-0.39, 0.29) is 18.0 Å². The molecule has 0 spiro atoms. The predicted molar refractivity (Wildman–Crippen MR) is 112 cm³/mol. The zero-order valence-electron chi connectivity index (χ0n) is 15.8. The Labute approximate surface area is 167 Å². The van der Waals surface area contributed by atoms with Gasteiger partial charge in [0, 0.05) is 5.39 Å². The quantitative estimate of drug-likeness (QED) is 0.560. The lowest BCUT2D eigenvalue weighted by atomic mass is 10.1. The average molecular weight is 385 g/mol. The van der Waals surface area contributed by atoms with Gasteiger partial charge in [0.1, 0.15) is 12.3 Å². The van der Waals surface area contributed by atoms with Crippen LogP contribution in [0.2, 0.25) is 0 Å². The second-order valence-corrected chi connectivity index (χ2v) is 6.55. The number of aromatic nitrogens is 2. The van der Waals surface area contributed by atoms with Crippen molar-refractivity contribution in [1.82, 2.24) is 9.78 Å². The molecule has 0 atom stereocenters. The van der Waals surface area contributed by atoms with Gasteiger partial charge in [-0.15, -0.1) is 0 Å². The zero-order valence-corrected chi connectivity index (χ0v) is 15.8. The molecule has 0 fully saturated rings. The molecule has 4 rings (SSSR count). The van der Waals surface area contributed by atoms with Crippen LogP contribution >= 0.6 is 0 Å². The molecule has 0 saturated carbocycles. The van der Waals surface area contributed by atoms with Crippen molar-refractivity contribution in [3.8, 4) is 11.5 Å². The summed E-state index contributed by atoms with van der Waals surface area (Å²) in [5, 5.41) is 8.43. The molecule has 6 heteroatoms. The van der Waals surface area contributed by atoms with E-state index < -0.39 is 0 Å². The predicted octanol–water partition coefficient (Wildman–Crippen LogP) is 4.14. The molecule has 0 aliphatic carbocycles. The van der Waals surface area contributed by atoms with E-state index in [2.05, 4.69) is 10.4 Å². The number of nitrogens with one attached hydrogen (secondary N) is 1. The van der Waals surface area contributed by atoms with E-state index >= 15 is 0 Å². The molecule has 1 N–H and O–H groups in total. The van der Waals surface area contributed by atoms with Crippen LogP contribution in [0.4, 0.5) is 5.69 Å². The van der Waals surface area contributed by atoms with Gasteiger partial charge in [0.05, 0.1) is 16.8 Å². The molecule has 1 aromatic heterocycles. The van der Waals surface area contributed by atoms with E-state index in [0.29, 0.717) is 28.3 Å². The third-order valence-electron chi connectivity index (χ3n) is 4.48. The first-order chi connectivity index (χ1) is 14.1. The van der Waals surface area contributed by atoms with Crippen LogP contribution in [0.3, 0.4) is 0 Å². The smallest absolute Gasteiger partial charge is 0.275 e. The van der Waals surface area contributed by atoms with E-state index in [0.717, 1.165) is 5.39 Å². The standard InChI is InChI=1S/C23H19N3O3/c1-16-18-11-5-6-12-19(18)23(28)26(25-16)15-22(27)24-20-13-7-8-14-21(20)29-17-9-3-2-4-10-17/h2-14H,15H2,1H3,(H,24,27). The van der Waals surface area contributed by atoms with Gasteiger partial charge >= 0.3 is 0 Å². The number of para-hydroxylation sites is 3. The third-order valence-corrected chi connectivity index (χ3v) is 4.48. The molecule has 1 amide bonds. The Balaban J connectivity index is 1.56. The number of amides is 1. The van der Waals surface area contributed by atoms with Crippen LogP contribution in [0.15, 0.2) is 83.7 Å². The van der Waals surface area contributed by atoms with Crippen molar-refractivity contribution in [3.05, 3.63) is 94.9 Å². The number of carbonyl (C=O) groups is 1. The maximum Gasteiger partial charge on any atom is 0.275 e. The minimum atomic E-state index is -0.363. The number of hydrogen-bond acceptors (Lipinski definition) is 4. The fraction of sp³-hybridized carbons (Fsp3) is 0.0870. The first-order valence-corrected chi connectivity index (χ1v) is 9.20. The Morgan fingerprint density at radius 1 is 0.931 bits per heavy atom. The highest BCUT2D eigenvalue weighted by molar-refractivity contribution is 5.92. The molecule has 1 heterocycles. The number of nitrogens with zero attached hydrogens (tertiary/aromatic N) is 2. The fourth-order valence-corrected chi connectivity index (χ4v) is 3.11. The summed E-state index contributed by atoms with van der Waals surface area (Å²) >= 11 is 0. The molecule has 0 aliphatic rings. The molecular formula is C23H19N3O3.